The van der Waals surface area contributed by atoms with Crippen LogP contribution in [0.5, 0.6) is 0 Å². The molecule has 0 heterocycles. The van der Waals surface area contributed by atoms with Gasteiger partial charge in [0.05, 0.1) is 39.9 Å². The number of phosphoric acid groups is 1. The summed E-state index contributed by atoms with van der Waals surface area (Å²) in [7, 11) is 1.59. The van der Waals surface area contributed by atoms with Gasteiger partial charge in [-0.25, -0.2) is 4.57 Å². The van der Waals surface area contributed by atoms with Crippen molar-refractivity contribution < 1.29 is 32.9 Å². The minimum atomic E-state index is -4.35. The van der Waals surface area contributed by atoms with Crippen molar-refractivity contribution in [1.29, 1.82) is 0 Å². The van der Waals surface area contributed by atoms with Gasteiger partial charge < -0.3 is 19.8 Å². The van der Waals surface area contributed by atoms with Gasteiger partial charge in [-0.3, -0.25) is 13.8 Å². The van der Waals surface area contributed by atoms with E-state index in [1.165, 1.54) is 321 Å². The number of hydrogen-bond acceptors (Lipinski definition) is 5. The molecule has 0 aliphatic heterocycles. The molecule has 0 aromatic rings. The van der Waals surface area contributed by atoms with Gasteiger partial charge in [0, 0.05) is 6.42 Å². The van der Waals surface area contributed by atoms with E-state index in [0.717, 1.165) is 38.5 Å². The second-order valence-electron chi connectivity index (χ2n) is 26.7. The van der Waals surface area contributed by atoms with E-state index >= 15 is 0 Å². The first kappa shape index (κ1) is 81.7. The van der Waals surface area contributed by atoms with Crippen molar-refractivity contribution in [1.82, 2.24) is 5.32 Å². The summed E-state index contributed by atoms with van der Waals surface area (Å²) in [6, 6.07) is -0.847. The van der Waals surface area contributed by atoms with Crippen LogP contribution in [0.3, 0.4) is 0 Å². The summed E-state index contributed by atoms with van der Waals surface area (Å²) in [6.07, 6.45) is 87.3. The topological polar surface area (TPSA) is 105 Å². The Morgan fingerprint density at radius 1 is 0.410 bits per heavy atom. The van der Waals surface area contributed by atoms with Crippen LogP contribution in [0.25, 0.3) is 0 Å². The van der Waals surface area contributed by atoms with Crippen molar-refractivity contribution in [3.8, 4) is 0 Å². The molecule has 1 amide bonds. The molecule has 8 nitrogen and oxygen atoms in total. The number of hydrogen-bond donors (Lipinski definition) is 3. The summed E-state index contributed by atoms with van der Waals surface area (Å²) in [5.41, 5.74) is 0. The summed E-state index contributed by atoms with van der Waals surface area (Å²) >= 11 is 0. The van der Waals surface area contributed by atoms with Crippen LogP contribution in [0.15, 0.2) is 36.5 Å². The molecule has 0 radical (unpaired) electrons. The first-order valence-corrected chi connectivity index (χ1v) is 38.4. The van der Waals surface area contributed by atoms with Gasteiger partial charge in [0.25, 0.3) is 0 Å². The zero-order valence-electron chi connectivity index (χ0n) is 56.5. The van der Waals surface area contributed by atoms with Crippen LogP contribution in [0.2, 0.25) is 0 Å². The maximum atomic E-state index is 13.1. The molecule has 0 aromatic carbocycles. The van der Waals surface area contributed by atoms with Gasteiger partial charge in [0.2, 0.25) is 5.91 Å². The van der Waals surface area contributed by atoms with Crippen LogP contribution in [0.4, 0.5) is 0 Å². The predicted molar refractivity (Wildman–Crippen MR) is 365 cm³/mol. The Morgan fingerprint density at radius 2 is 0.687 bits per heavy atom. The third-order valence-corrected chi connectivity index (χ3v) is 18.1. The maximum absolute atomic E-state index is 13.1. The van der Waals surface area contributed by atoms with Gasteiger partial charge in [-0.1, -0.05) is 359 Å². The zero-order valence-corrected chi connectivity index (χ0v) is 57.4. The van der Waals surface area contributed by atoms with Crippen LogP contribution in [-0.4, -0.2) is 73.4 Å². The number of aliphatic hydroxyl groups excluding tert-OH is 1. The van der Waals surface area contributed by atoms with E-state index in [-0.39, 0.29) is 19.1 Å². The molecule has 83 heavy (non-hydrogen) atoms. The van der Waals surface area contributed by atoms with Crippen LogP contribution < -0.4 is 5.32 Å². The molecule has 9 heteroatoms. The van der Waals surface area contributed by atoms with Crippen molar-refractivity contribution in [2.24, 2.45) is 0 Å². The molecule has 3 atom stereocenters. The summed E-state index contributed by atoms with van der Waals surface area (Å²) in [5, 5.41) is 14.0. The maximum Gasteiger partial charge on any atom is 0.472 e. The average molecular weight is 1190 g/mol. The smallest absolute Gasteiger partial charge is 0.387 e. The van der Waals surface area contributed by atoms with Crippen LogP contribution in [0, 0.1) is 0 Å². The molecule has 0 spiro atoms. The highest BCUT2D eigenvalue weighted by Gasteiger charge is 2.28. The van der Waals surface area contributed by atoms with Crippen molar-refractivity contribution >= 4 is 13.7 Å². The molecule has 0 saturated heterocycles. The van der Waals surface area contributed by atoms with Gasteiger partial charge in [-0.2, -0.15) is 0 Å². The third kappa shape index (κ3) is 68.1. The quantitative estimate of drug-likeness (QED) is 0.0243. The van der Waals surface area contributed by atoms with Gasteiger partial charge in [-0.05, 0) is 51.4 Å². The monoisotopic (exact) mass is 1190 g/mol. The lowest BCUT2D eigenvalue weighted by molar-refractivity contribution is -0.870. The zero-order chi connectivity index (χ0) is 60.5. The van der Waals surface area contributed by atoms with E-state index in [1.54, 1.807) is 6.08 Å². The highest BCUT2D eigenvalue weighted by molar-refractivity contribution is 7.47. The number of nitrogens with one attached hydrogen (secondary N) is 1. The highest BCUT2D eigenvalue weighted by atomic mass is 31.2. The molecule has 3 N–H and O–H groups in total. The number of allylic oxidation sites excluding steroid dienone is 5. The van der Waals surface area contributed by atoms with Gasteiger partial charge >= 0.3 is 7.82 Å². The number of nitrogens with zero attached hydrogens (tertiary/aromatic N) is 1. The second-order valence-corrected chi connectivity index (χ2v) is 28.1. The minimum Gasteiger partial charge on any atom is -0.387 e. The first-order chi connectivity index (χ1) is 40.5. The number of carbonyl (C=O) groups is 1. The molecule has 0 rings (SSSR count). The summed E-state index contributed by atoms with van der Waals surface area (Å²) < 4.78 is 23.9. The number of carbonyl (C=O) groups excluding carboxylic acids is 1. The van der Waals surface area contributed by atoms with E-state index in [0.29, 0.717) is 17.4 Å². The average Bonchev–Trinajstić information content (AvgIpc) is 3.49. The summed E-state index contributed by atoms with van der Waals surface area (Å²) in [4.78, 5) is 23.5. The lowest BCUT2D eigenvalue weighted by Gasteiger charge is -2.25. The second kappa shape index (κ2) is 65.2. The molecular formula is C74H146N2O6P+. The van der Waals surface area contributed by atoms with E-state index in [4.69, 9.17) is 9.05 Å². The molecule has 3 unspecified atom stereocenters. The van der Waals surface area contributed by atoms with E-state index in [2.05, 4.69) is 43.5 Å². The Labute approximate surface area is 518 Å². The molecule has 0 fully saturated rings. The Kier molecular flexibility index (Phi) is 64.2. The number of quaternary nitrogens is 1. The minimum absolute atomic E-state index is 0.0636. The molecule has 0 aliphatic rings. The Bertz CT molecular complexity index is 1450. The molecule has 0 aliphatic carbocycles. The summed E-state index contributed by atoms with van der Waals surface area (Å²) in [6.45, 7) is 4.87. The number of likely N-dealkylation sites (N-methyl/N-ethyl adjacent to an activating group) is 1. The molecule has 0 saturated carbocycles. The van der Waals surface area contributed by atoms with Crippen molar-refractivity contribution in [3.63, 3.8) is 0 Å². The molecular weight excluding hydrogens is 1040 g/mol. The lowest BCUT2D eigenvalue weighted by atomic mass is 10.0. The Balaban J connectivity index is 4.01. The van der Waals surface area contributed by atoms with Crippen molar-refractivity contribution in [2.45, 2.75) is 392 Å². The fourth-order valence-corrected chi connectivity index (χ4v) is 12.1. The highest BCUT2D eigenvalue weighted by Crippen LogP contribution is 2.43. The van der Waals surface area contributed by atoms with Crippen LogP contribution in [-0.2, 0) is 18.4 Å². The lowest BCUT2D eigenvalue weighted by Crippen LogP contribution is -2.45. The van der Waals surface area contributed by atoms with Crippen molar-refractivity contribution in [3.05, 3.63) is 36.5 Å². The fourth-order valence-electron chi connectivity index (χ4n) is 11.4. The predicted octanol–water partition coefficient (Wildman–Crippen LogP) is 23.6. The standard InChI is InChI=1S/C74H145N2O6P/c1-6-8-10-12-14-16-18-20-22-24-26-28-30-32-34-36-38-40-42-44-46-48-50-52-54-56-58-60-62-64-66-68-74(78)75-72(71-82-83(79,80)81-70-69-76(3,4)5)73(77)67-65-63-61-59-57-55-53-51-49-47-45-43-41-39-37-35-33-31-29-27-25-23-21-19-17-15-13-11-9-7-2/h18,20,24,26,65,67,72-73,77H,6-17,19,21-23,25,27-64,66,68-71H2,1-5H3,(H-,75,78,79,80)/p+1/b20-18-,26-24-,67-65+. The van der Waals surface area contributed by atoms with E-state index in [9.17, 15) is 19.4 Å². The summed E-state index contributed by atoms with van der Waals surface area (Å²) in [5.74, 6) is -0.169. The van der Waals surface area contributed by atoms with Gasteiger partial charge in [0.1, 0.15) is 13.2 Å². The normalized spacial score (nSPS) is 13.8. The first-order valence-electron chi connectivity index (χ1n) is 36.9. The van der Waals surface area contributed by atoms with Crippen molar-refractivity contribution in [2.75, 3.05) is 40.9 Å². The van der Waals surface area contributed by atoms with E-state index in [1.807, 2.05) is 27.2 Å². The van der Waals surface area contributed by atoms with Gasteiger partial charge in [-0.15, -0.1) is 0 Å². The number of phosphoric ester groups is 1. The van der Waals surface area contributed by atoms with Crippen LogP contribution >= 0.6 is 7.82 Å². The number of unbranched alkanes of at least 4 members (excludes halogenated alkanes) is 52. The van der Waals surface area contributed by atoms with E-state index < -0.39 is 20.0 Å². The Morgan fingerprint density at radius 3 is 0.988 bits per heavy atom. The number of rotatable bonds is 69. The fraction of sp³-hybridized carbons (Fsp3) is 0.905. The SMILES string of the molecule is CCCCCCC/C=C\C/C=C\CCCCCCCCCCCCCCCCCCCCCC(=O)NC(COP(=O)(O)OCC[N+](C)(C)C)C(O)/C=C/CCCCCCCCCCCCCCCCCCCCCCCCCCCCCC. The largest absolute Gasteiger partial charge is 0.472 e. The van der Waals surface area contributed by atoms with Crippen LogP contribution in [0.1, 0.15) is 380 Å². The van der Waals surface area contributed by atoms with Gasteiger partial charge in [0.15, 0.2) is 0 Å². The molecule has 492 valence electrons. The Hall–Kier alpha value is -1.28. The number of aliphatic hydroxyl groups is 1. The molecule has 0 aromatic heterocycles. The third-order valence-electron chi connectivity index (χ3n) is 17.1. The number of amides is 1. The molecule has 0 bridgehead atoms.